The fourth-order valence-electron chi connectivity index (χ4n) is 1.89. The van der Waals surface area contributed by atoms with Crippen molar-refractivity contribution < 1.29 is 9.90 Å². The first kappa shape index (κ1) is 10.1. The smallest absolute Gasteiger partial charge is 0.321 e. The van der Waals surface area contributed by atoms with Crippen molar-refractivity contribution in [1.82, 2.24) is 4.90 Å². The summed E-state index contributed by atoms with van der Waals surface area (Å²) in [4.78, 5) is 12.7. The molecule has 0 fully saturated rings. The van der Waals surface area contributed by atoms with E-state index in [1.165, 1.54) is 11.1 Å². The number of hydrogen-bond donors (Lipinski definition) is 2. The summed E-state index contributed by atoms with van der Waals surface area (Å²) < 4.78 is 0. The Labute approximate surface area is 88.3 Å². The lowest BCUT2D eigenvalue weighted by Gasteiger charge is -2.17. The second-order valence-electron chi connectivity index (χ2n) is 3.88. The van der Waals surface area contributed by atoms with Gasteiger partial charge in [0.2, 0.25) is 0 Å². The molecule has 0 amide bonds. The number of nitrogens with two attached hydrogens (primary N) is 1. The number of aliphatic carboxylic acids is 1. The zero-order valence-electron chi connectivity index (χ0n) is 8.39. The quantitative estimate of drug-likeness (QED) is 0.752. The van der Waals surface area contributed by atoms with Gasteiger partial charge in [-0.05, 0) is 11.1 Å². The maximum Gasteiger partial charge on any atom is 0.321 e. The predicted octanol–water partition coefficient (Wildman–Crippen LogP) is 0.414. The van der Waals surface area contributed by atoms with E-state index in [1.54, 1.807) is 0 Å². The first-order valence-corrected chi connectivity index (χ1v) is 4.94. The molecule has 1 aromatic carbocycles. The van der Waals surface area contributed by atoms with Gasteiger partial charge in [0.15, 0.2) is 0 Å². The Morgan fingerprint density at radius 1 is 1.40 bits per heavy atom. The van der Waals surface area contributed by atoms with Crippen LogP contribution in [0.25, 0.3) is 0 Å². The van der Waals surface area contributed by atoms with Crippen molar-refractivity contribution in [3.8, 4) is 0 Å². The summed E-state index contributed by atoms with van der Waals surface area (Å²) in [6, 6.07) is 7.35. The number of rotatable bonds is 3. The zero-order valence-corrected chi connectivity index (χ0v) is 8.39. The van der Waals surface area contributed by atoms with Crippen LogP contribution in [0.1, 0.15) is 11.1 Å². The van der Waals surface area contributed by atoms with Crippen molar-refractivity contribution in [3.05, 3.63) is 35.4 Å². The lowest BCUT2D eigenvalue weighted by atomic mass is 10.1. The molecular formula is C11H14N2O2. The minimum absolute atomic E-state index is 0.407. The van der Waals surface area contributed by atoms with Gasteiger partial charge >= 0.3 is 5.97 Å². The van der Waals surface area contributed by atoms with Gasteiger partial charge in [-0.3, -0.25) is 9.69 Å². The highest BCUT2D eigenvalue weighted by atomic mass is 16.4. The molecule has 0 unspecified atom stereocenters. The van der Waals surface area contributed by atoms with E-state index in [0.717, 1.165) is 13.1 Å². The van der Waals surface area contributed by atoms with Gasteiger partial charge in [-0.1, -0.05) is 24.3 Å². The van der Waals surface area contributed by atoms with Gasteiger partial charge in [0.05, 0.1) is 0 Å². The minimum atomic E-state index is -0.939. The van der Waals surface area contributed by atoms with Gasteiger partial charge in [-0.15, -0.1) is 0 Å². The molecule has 80 valence electrons. The van der Waals surface area contributed by atoms with E-state index in [0.29, 0.717) is 6.54 Å². The monoisotopic (exact) mass is 206 g/mol. The molecule has 0 saturated heterocycles. The highest BCUT2D eigenvalue weighted by Crippen LogP contribution is 2.21. The molecule has 4 heteroatoms. The van der Waals surface area contributed by atoms with Crippen molar-refractivity contribution in [2.75, 3.05) is 6.54 Å². The number of carboxylic acid groups (broad SMARTS) is 1. The van der Waals surface area contributed by atoms with Gasteiger partial charge in [-0.25, -0.2) is 0 Å². The van der Waals surface area contributed by atoms with E-state index in [-0.39, 0.29) is 0 Å². The van der Waals surface area contributed by atoms with Crippen molar-refractivity contribution in [2.45, 2.75) is 19.1 Å². The zero-order chi connectivity index (χ0) is 10.8. The van der Waals surface area contributed by atoms with E-state index in [4.69, 9.17) is 10.8 Å². The Bertz CT molecular complexity index is 354. The third-order valence-electron chi connectivity index (χ3n) is 2.68. The van der Waals surface area contributed by atoms with Gasteiger partial charge in [0.25, 0.3) is 0 Å². The minimum Gasteiger partial charge on any atom is -0.480 e. The normalized spacial score (nSPS) is 17.4. The molecule has 1 aliphatic rings. The van der Waals surface area contributed by atoms with Crippen LogP contribution in [0.3, 0.4) is 0 Å². The molecule has 2 rings (SSSR count). The van der Waals surface area contributed by atoms with E-state index in [1.807, 2.05) is 12.1 Å². The number of carboxylic acids is 1. The number of benzene rings is 1. The Kier molecular flexibility index (Phi) is 2.70. The summed E-state index contributed by atoms with van der Waals surface area (Å²) >= 11 is 0. The predicted molar refractivity (Wildman–Crippen MR) is 56.2 cm³/mol. The lowest BCUT2D eigenvalue weighted by Crippen LogP contribution is -2.40. The Morgan fingerprint density at radius 3 is 2.40 bits per heavy atom. The van der Waals surface area contributed by atoms with Crippen LogP contribution in [-0.4, -0.2) is 28.6 Å². The summed E-state index contributed by atoms with van der Waals surface area (Å²) in [7, 11) is 0. The fourth-order valence-corrected chi connectivity index (χ4v) is 1.89. The van der Waals surface area contributed by atoms with Crippen LogP contribution in [0.4, 0.5) is 0 Å². The molecule has 3 N–H and O–H groups in total. The maximum absolute atomic E-state index is 10.6. The van der Waals surface area contributed by atoms with E-state index >= 15 is 0 Å². The molecule has 0 spiro atoms. The molecule has 0 aromatic heterocycles. The lowest BCUT2D eigenvalue weighted by molar-refractivity contribution is -0.139. The highest BCUT2D eigenvalue weighted by Gasteiger charge is 2.22. The van der Waals surface area contributed by atoms with Crippen LogP contribution in [-0.2, 0) is 17.9 Å². The average molecular weight is 206 g/mol. The molecule has 1 aromatic rings. The molecule has 15 heavy (non-hydrogen) atoms. The second kappa shape index (κ2) is 4.00. The van der Waals surface area contributed by atoms with E-state index < -0.39 is 12.0 Å². The third-order valence-corrected chi connectivity index (χ3v) is 2.68. The average Bonchev–Trinajstić information content (AvgIpc) is 2.59. The molecule has 0 bridgehead atoms. The van der Waals surface area contributed by atoms with Gasteiger partial charge in [0, 0.05) is 19.6 Å². The molecule has 1 aliphatic heterocycles. The van der Waals surface area contributed by atoms with Crippen molar-refractivity contribution in [3.63, 3.8) is 0 Å². The van der Waals surface area contributed by atoms with E-state index in [9.17, 15) is 4.79 Å². The van der Waals surface area contributed by atoms with Crippen molar-refractivity contribution in [2.24, 2.45) is 5.73 Å². The molecule has 1 heterocycles. The first-order chi connectivity index (χ1) is 7.16. The van der Waals surface area contributed by atoms with Gasteiger partial charge < -0.3 is 10.8 Å². The molecule has 0 saturated carbocycles. The molecule has 0 radical (unpaired) electrons. The Hall–Kier alpha value is -1.39. The van der Waals surface area contributed by atoms with Crippen molar-refractivity contribution in [1.29, 1.82) is 0 Å². The molecular weight excluding hydrogens is 192 g/mol. The molecule has 1 atom stereocenters. The largest absolute Gasteiger partial charge is 0.480 e. The SMILES string of the molecule is N[C@@H](CN1Cc2ccccc2C1)C(=O)O. The van der Waals surface area contributed by atoms with Crippen LogP contribution < -0.4 is 5.73 Å². The fraction of sp³-hybridized carbons (Fsp3) is 0.364. The van der Waals surface area contributed by atoms with Crippen LogP contribution in [0.5, 0.6) is 0 Å². The van der Waals surface area contributed by atoms with Crippen LogP contribution in [0.15, 0.2) is 24.3 Å². The molecule has 4 nitrogen and oxygen atoms in total. The maximum atomic E-state index is 10.6. The van der Waals surface area contributed by atoms with Crippen LogP contribution in [0.2, 0.25) is 0 Å². The second-order valence-corrected chi connectivity index (χ2v) is 3.88. The van der Waals surface area contributed by atoms with E-state index in [2.05, 4.69) is 17.0 Å². The summed E-state index contributed by atoms with van der Waals surface area (Å²) in [5, 5.41) is 8.71. The highest BCUT2D eigenvalue weighted by molar-refractivity contribution is 5.73. The Balaban J connectivity index is 1.99. The van der Waals surface area contributed by atoms with Gasteiger partial charge in [0.1, 0.15) is 6.04 Å². The topological polar surface area (TPSA) is 66.6 Å². The summed E-state index contributed by atoms with van der Waals surface area (Å²) in [6.45, 7) is 2.01. The van der Waals surface area contributed by atoms with Crippen LogP contribution in [0, 0.1) is 0 Å². The summed E-state index contributed by atoms with van der Waals surface area (Å²) in [5.74, 6) is -0.939. The van der Waals surface area contributed by atoms with Gasteiger partial charge in [-0.2, -0.15) is 0 Å². The number of nitrogens with zero attached hydrogens (tertiary/aromatic N) is 1. The third kappa shape index (κ3) is 2.16. The standard InChI is InChI=1S/C11H14N2O2/c12-10(11(14)15)7-13-5-8-3-1-2-4-9(8)6-13/h1-4,10H,5-7,12H2,(H,14,15)/t10-/m0/s1. The molecule has 0 aliphatic carbocycles. The number of carbonyl (C=O) groups is 1. The summed E-state index contributed by atoms with van der Waals surface area (Å²) in [5.41, 5.74) is 8.04. The first-order valence-electron chi connectivity index (χ1n) is 4.94. The number of fused-ring (bicyclic) bond motifs is 1. The number of hydrogen-bond acceptors (Lipinski definition) is 3. The Morgan fingerprint density at radius 2 is 1.93 bits per heavy atom. The summed E-state index contributed by atoms with van der Waals surface area (Å²) in [6.07, 6.45) is 0. The van der Waals surface area contributed by atoms with Crippen LogP contribution >= 0.6 is 0 Å². The van der Waals surface area contributed by atoms with Crippen molar-refractivity contribution >= 4 is 5.97 Å².